The Bertz CT molecular complexity index is 909. The van der Waals surface area contributed by atoms with Crippen LogP contribution in [0.4, 0.5) is 0 Å². The number of unbranched alkanes of at least 4 members (excludes halogenated alkanes) is 5. The first-order valence-electron chi connectivity index (χ1n) is 14.6. The van der Waals surface area contributed by atoms with E-state index in [2.05, 4.69) is 41.2 Å². The first-order valence-corrected chi connectivity index (χ1v) is 17.1. The minimum atomic E-state index is -0.989. The van der Waals surface area contributed by atoms with Gasteiger partial charge in [0.1, 0.15) is 17.2 Å². The van der Waals surface area contributed by atoms with Gasteiger partial charge >= 0.3 is 0 Å². The van der Waals surface area contributed by atoms with E-state index in [1.54, 1.807) is 0 Å². The molecule has 0 saturated heterocycles. The van der Waals surface area contributed by atoms with E-state index in [0.29, 0.717) is 63.6 Å². The van der Waals surface area contributed by atoms with E-state index < -0.39 is 4.87 Å². The van der Waals surface area contributed by atoms with E-state index >= 15 is 0 Å². The fourth-order valence-electron chi connectivity index (χ4n) is 4.12. The van der Waals surface area contributed by atoms with Crippen LogP contribution in [0.25, 0.3) is 0 Å². The fraction of sp³-hybridized carbons (Fsp3) is 0.690. The Morgan fingerprint density at radius 1 is 0.829 bits per heavy atom. The van der Waals surface area contributed by atoms with Crippen LogP contribution in [0, 0.1) is 0 Å². The molecule has 0 aliphatic heterocycles. The summed E-state index contributed by atoms with van der Waals surface area (Å²) in [6.07, 6.45) is 9.98. The zero-order valence-electron chi connectivity index (χ0n) is 24.6. The summed E-state index contributed by atoms with van der Waals surface area (Å²) in [6, 6.07) is 5.85. The predicted molar refractivity (Wildman–Crippen MR) is 177 cm³/mol. The molecule has 1 unspecified atom stereocenters. The van der Waals surface area contributed by atoms with Gasteiger partial charge in [0.05, 0.1) is 6.54 Å². The molecule has 1 rings (SSSR count). The van der Waals surface area contributed by atoms with Gasteiger partial charge in [0, 0.05) is 37.4 Å². The third-order valence-corrected chi connectivity index (χ3v) is 8.53. The van der Waals surface area contributed by atoms with Crippen molar-refractivity contribution in [3.63, 3.8) is 0 Å². The van der Waals surface area contributed by atoms with Gasteiger partial charge in [-0.1, -0.05) is 18.9 Å². The Morgan fingerprint density at radius 3 is 2.07 bits per heavy atom. The molecule has 9 nitrogen and oxygen atoms in total. The summed E-state index contributed by atoms with van der Waals surface area (Å²) in [5.41, 5.74) is 14.1. The summed E-state index contributed by atoms with van der Waals surface area (Å²) in [5, 5.41) is 8.74. The molecule has 0 heterocycles. The Hall–Kier alpha value is -1.60. The van der Waals surface area contributed by atoms with Crippen molar-refractivity contribution >= 4 is 54.7 Å². The zero-order chi connectivity index (χ0) is 30.3. The summed E-state index contributed by atoms with van der Waals surface area (Å²) in [4.78, 5) is 35.6. The standard InChI is InChI=1S/C29H51N5O4S3/c1-41-29(31,14-6-9-16-32-26(35)10-4-2-7-15-30)28(37)34-17-8-3-5-11-27(36)33-18-19-38-25-13-12-23(21-39)24(20-25)22-40/h12-13,20,39-40H,2-11,14-19,21-22,30-31H2,1H3,(H,32,35)(H,33,36)(H,34,37). The molecule has 0 aliphatic rings. The maximum atomic E-state index is 12.7. The highest BCUT2D eigenvalue weighted by Crippen LogP contribution is 2.23. The molecule has 0 bridgehead atoms. The molecule has 0 fully saturated rings. The highest BCUT2D eigenvalue weighted by molar-refractivity contribution is 8.00. The molecule has 7 N–H and O–H groups in total. The molecular formula is C29H51N5O4S3. The van der Waals surface area contributed by atoms with E-state index in [0.717, 1.165) is 68.2 Å². The number of carbonyl (C=O) groups is 3. The fourth-order valence-corrected chi connectivity index (χ4v) is 5.33. The van der Waals surface area contributed by atoms with Crippen LogP contribution in [0.5, 0.6) is 5.75 Å². The number of nitrogens with one attached hydrogen (secondary N) is 3. The van der Waals surface area contributed by atoms with Gasteiger partial charge in [0.25, 0.3) is 0 Å². The van der Waals surface area contributed by atoms with Gasteiger partial charge in [-0.2, -0.15) is 25.3 Å². The van der Waals surface area contributed by atoms with Crippen molar-refractivity contribution in [1.29, 1.82) is 0 Å². The van der Waals surface area contributed by atoms with Gasteiger partial charge in [-0.3, -0.25) is 14.4 Å². The summed E-state index contributed by atoms with van der Waals surface area (Å²) >= 11 is 10.0. The molecule has 41 heavy (non-hydrogen) atoms. The SMILES string of the molecule is CSC(N)(CCCCNC(=O)CCCCCN)C(=O)NCCCCCC(=O)NCCOc1ccc(CS)c(CS)c1. The number of thiol groups is 2. The number of hydrogen-bond donors (Lipinski definition) is 7. The van der Waals surface area contributed by atoms with E-state index in [1.165, 1.54) is 11.8 Å². The van der Waals surface area contributed by atoms with Crippen molar-refractivity contribution < 1.29 is 19.1 Å². The third kappa shape index (κ3) is 16.6. The predicted octanol–water partition coefficient (Wildman–Crippen LogP) is 3.54. The lowest BCUT2D eigenvalue weighted by Crippen LogP contribution is -2.51. The van der Waals surface area contributed by atoms with Crippen LogP contribution in [0.1, 0.15) is 81.8 Å². The molecular weight excluding hydrogens is 579 g/mol. The minimum absolute atomic E-state index is 0.00903. The van der Waals surface area contributed by atoms with Crippen LogP contribution < -0.4 is 32.2 Å². The smallest absolute Gasteiger partial charge is 0.250 e. The molecule has 1 aromatic carbocycles. The number of hydrogen-bond acceptors (Lipinski definition) is 9. The van der Waals surface area contributed by atoms with Gasteiger partial charge in [-0.25, -0.2) is 0 Å². The van der Waals surface area contributed by atoms with E-state index in [4.69, 9.17) is 16.2 Å². The van der Waals surface area contributed by atoms with E-state index in [1.807, 2.05) is 24.5 Å². The van der Waals surface area contributed by atoms with Crippen LogP contribution in [0.2, 0.25) is 0 Å². The number of ether oxygens (including phenoxy) is 1. The Morgan fingerprint density at radius 2 is 1.44 bits per heavy atom. The van der Waals surface area contributed by atoms with Crippen LogP contribution in [-0.2, 0) is 25.9 Å². The lowest BCUT2D eigenvalue weighted by Gasteiger charge is -2.26. The quantitative estimate of drug-likeness (QED) is 0.0526. The van der Waals surface area contributed by atoms with Crippen molar-refractivity contribution in [3.05, 3.63) is 29.3 Å². The third-order valence-electron chi connectivity index (χ3n) is 6.73. The molecule has 12 heteroatoms. The van der Waals surface area contributed by atoms with Crippen LogP contribution >= 0.6 is 37.0 Å². The summed E-state index contributed by atoms with van der Waals surface area (Å²) in [7, 11) is 0. The summed E-state index contributed by atoms with van der Waals surface area (Å²) < 4.78 is 5.74. The molecule has 1 atom stereocenters. The number of carbonyl (C=O) groups excluding carboxylic acids is 3. The van der Waals surface area contributed by atoms with Gasteiger partial charge in [-0.05, 0) is 81.0 Å². The summed E-state index contributed by atoms with van der Waals surface area (Å²) in [5.74, 6) is 1.91. The van der Waals surface area contributed by atoms with Gasteiger partial charge in [0.15, 0.2) is 0 Å². The van der Waals surface area contributed by atoms with Crippen LogP contribution in [0.3, 0.4) is 0 Å². The maximum Gasteiger partial charge on any atom is 0.250 e. The number of nitrogens with two attached hydrogens (primary N) is 2. The van der Waals surface area contributed by atoms with Crippen molar-refractivity contribution in [1.82, 2.24) is 16.0 Å². The summed E-state index contributed by atoms with van der Waals surface area (Å²) in [6.45, 7) is 2.60. The Balaban J connectivity index is 2.11. The molecule has 0 radical (unpaired) electrons. The monoisotopic (exact) mass is 629 g/mol. The lowest BCUT2D eigenvalue weighted by atomic mass is 10.1. The number of benzene rings is 1. The average Bonchev–Trinajstić information content (AvgIpc) is 2.98. The molecule has 0 aliphatic carbocycles. The molecule has 1 aromatic rings. The number of rotatable bonds is 24. The first-order chi connectivity index (χ1) is 19.8. The highest BCUT2D eigenvalue weighted by atomic mass is 32.2. The molecule has 0 spiro atoms. The number of thioether (sulfide) groups is 1. The van der Waals surface area contributed by atoms with E-state index in [9.17, 15) is 14.4 Å². The van der Waals surface area contributed by atoms with Crippen molar-refractivity contribution in [2.24, 2.45) is 11.5 Å². The first kappa shape index (κ1) is 37.4. The van der Waals surface area contributed by atoms with Gasteiger partial charge in [-0.15, -0.1) is 11.8 Å². The Labute approximate surface area is 261 Å². The Kier molecular flexibility index (Phi) is 20.9. The second-order valence-electron chi connectivity index (χ2n) is 10.0. The number of amides is 3. The van der Waals surface area contributed by atoms with Crippen LogP contribution in [-0.4, -0.2) is 61.6 Å². The van der Waals surface area contributed by atoms with Crippen molar-refractivity contribution in [2.75, 3.05) is 39.0 Å². The molecule has 234 valence electrons. The van der Waals surface area contributed by atoms with Gasteiger partial charge < -0.3 is 32.2 Å². The van der Waals surface area contributed by atoms with Crippen molar-refractivity contribution in [3.8, 4) is 5.75 Å². The minimum Gasteiger partial charge on any atom is -0.492 e. The van der Waals surface area contributed by atoms with Crippen LogP contribution in [0.15, 0.2) is 18.2 Å². The van der Waals surface area contributed by atoms with Crippen molar-refractivity contribution in [2.45, 2.75) is 87.0 Å². The normalized spacial score (nSPS) is 12.4. The molecule has 3 amide bonds. The lowest BCUT2D eigenvalue weighted by molar-refractivity contribution is -0.124. The second kappa shape index (κ2) is 22.9. The van der Waals surface area contributed by atoms with Gasteiger partial charge in [0.2, 0.25) is 17.7 Å². The zero-order valence-corrected chi connectivity index (χ0v) is 27.2. The topological polar surface area (TPSA) is 149 Å². The highest BCUT2D eigenvalue weighted by Gasteiger charge is 2.32. The molecule has 0 aromatic heterocycles. The van der Waals surface area contributed by atoms with E-state index in [-0.39, 0.29) is 17.7 Å². The molecule has 0 saturated carbocycles. The largest absolute Gasteiger partial charge is 0.492 e. The average molecular weight is 630 g/mol. The second-order valence-corrected chi connectivity index (χ2v) is 11.8. The maximum absolute atomic E-state index is 12.7.